The summed E-state index contributed by atoms with van der Waals surface area (Å²) in [6, 6.07) is -0.320. The first kappa shape index (κ1) is 16.9. The van der Waals surface area contributed by atoms with Crippen LogP contribution in [-0.2, 0) is 17.8 Å². The Morgan fingerprint density at radius 2 is 2.18 bits per heavy atom. The predicted octanol–water partition coefficient (Wildman–Crippen LogP) is -0.517. The summed E-state index contributed by atoms with van der Waals surface area (Å²) in [6.45, 7) is 2.61. The minimum atomic E-state index is -0.598. The van der Waals surface area contributed by atoms with Crippen LogP contribution in [0.1, 0.15) is 29.9 Å². The second kappa shape index (κ2) is 6.36. The average molecular weight is 329 g/mol. The monoisotopic (exact) mass is 328 g/mol. The third-order valence-corrected chi connectivity index (χ3v) is 4.43. The van der Waals surface area contributed by atoms with Crippen molar-refractivity contribution >= 4 is 18.3 Å². The van der Waals surface area contributed by atoms with Crippen molar-refractivity contribution in [3.8, 4) is 0 Å². The third kappa shape index (κ3) is 3.02. The van der Waals surface area contributed by atoms with Crippen LogP contribution < -0.4 is 11.3 Å². The molecule has 1 aliphatic heterocycles. The van der Waals surface area contributed by atoms with Crippen molar-refractivity contribution in [3.05, 3.63) is 27.4 Å². The van der Waals surface area contributed by atoms with E-state index in [1.807, 2.05) is 0 Å². The van der Waals surface area contributed by atoms with Crippen LogP contribution in [0.4, 0.5) is 0 Å². The van der Waals surface area contributed by atoms with Gasteiger partial charge in [-0.1, -0.05) is 0 Å². The fraction of sp³-hybridized carbons (Fsp3) is 0.643. The number of aliphatic hydroxyl groups is 1. The molecule has 3 rings (SSSR count). The quantitative estimate of drug-likeness (QED) is 0.642. The molecule has 4 N–H and O–H groups in total. The summed E-state index contributed by atoms with van der Waals surface area (Å²) in [7, 11) is 0. The molecule has 22 heavy (non-hydrogen) atoms. The van der Waals surface area contributed by atoms with Gasteiger partial charge in [-0.05, 0) is 26.2 Å². The molecular weight excluding hydrogens is 308 g/mol. The lowest BCUT2D eigenvalue weighted by Crippen LogP contribution is -2.42. The Hall–Kier alpha value is -1.44. The SMILES string of the molecule is Cc1nc2c(c(=O)[nH]1)CCN(C(=O)[C@H]1C[C@@H](N)[C@H](O)C1)C2.Cl. The van der Waals surface area contributed by atoms with Gasteiger partial charge in [0.25, 0.3) is 5.56 Å². The van der Waals surface area contributed by atoms with Crippen LogP contribution in [0.5, 0.6) is 0 Å². The van der Waals surface area contributed by atoms with Crippen molar-refractivity contribution < 1.29 is 9.90 Å². The van der Waals surface area contributed by atoms with E-state index < -0.39 is 6.10 Å². The van der Waals surface area contributed by atoms with Gasteiger partial charge in [0.2, 0.25) is 5.91 Å². The number of hydrogen-bond acceptors (Lipinski definition) is 5. The van der Waals surface area contributed by atoms with Gasteiger partial charge in [-0.15, -0.1) is 12.4 Å². The van der Waals surface area contributed by atoms with Gasteiger partial charge in [0.1, 0.15) is 5.82 Å². The number of carbonyl (C=O) groups excluding carboxylic acids is 1. The summed E-state index contributed by atoms with van der Waals surface area (Å²) in [5, 5.41) is 9.69. The molecule has 0 radical (unpaired) electrons. The van der Waals surface area contributed by atoms with Crippen molar-refractivity contribution in [2.45, 2.75) is 44.9 Å². The van der Waals surface area contributed by atoms with Gasteiger partial charge < -0.3 is 20.7 Å². The van der Waals surface area contributed by atoms with E-state index in [0.29, 0.717) is 49.4 Å². The van der Waals surface area contributed by atoms with E-state index in [0.717, 1.165) is 0 Å². The topological polar surface area (TPSA) is 112 Å². The summed E-state index contributed by atoms with van der Waals surface area (Å²) < 4.78 is 0. The van der Waals surface area contributed by atoms with E-state index >= 15 is 0 Å². The number of nitrogens with two attached hydrogens (primary N) is 1. The Morgan fingerprint density at radius 1 is 1.45 bits per heavy atom. The number of hydrogen-bond donors (Lipinski definition) is 3. The molecule has 0 spiro atoms. The third-order valence-electron chi connectivity index (χ3n) is 4.43. The van der Waals surface area contributed by atoms with Gasteiger partial charge >= 0.3 is 0 Å². The van der Waals surface area contributed by atoms with Gasteiger partial charge in [0.05, 0.1) is 18.3 Å². The van der Waals surface area contributed by atoms with Crippen LogP contribution in [0.2, 0.25) is 0 Å². The first-order valence-electron chi connectivity index (χ1n) is 7.27. The number of H-pyrrole nitrogens is 1. The second-order valence-electron chi connectivity index (χ2n) is 5.99. The minimum absolute atomic E-state index is 0. The number of aliphatic hydroxyl groups excluding tert-OH is 1. The first-order valence-corrected chi connectivity index (χ1v) is 7.27. The summed E-state index contributed by atoms with van der Waals surface area (Å²) in [4.78, 5) is 33.1. The highest BCUT2D eigenvalue weighted by molar-refractivity contribution is 5.85. The molecular formula is C14H21ClN4O3. The average Bonchev–Trinajstić information content (AvgIpc) is 2.77. The second-order valence-corrected chi connectivity index (χ2v) is 5.99. The Bertz CT molecular complexity index is 623. The zero-order chi connectivity index (χ0) is 15.1. The number of aromatic amines is 1. The number of amides is 1. The van der Waals surface area contributed by atoms with E-state index in [2.05, 4.69) is 9.97 Å². The van der Waals surface area contributed by atoms with Crippen molar-refractivity contribution in [2.24, 2.45) is 11.7 Å². The molecule has 0 aromatic carbocycles. The zero-order valence-corrected chi connectivity index (χ0v) is 13.2. The van der Waals surface area contributed by atoms with Crippen LogP contribution in [0.3, 0.4) is 0 Å². The molecule has 1 aromatic rings. The summed E-state index contributed by atoms with van der Waals surface area (Å²) in [5.41, 5.74) is 7.02. The predicted molar refractivity (Wildman–Crippen MR) is 82.7 cm³/mol. The smallest absolute Gasteiger partial charge is 0.254 e. The Labute approximate surface area is 134 Å². The molecule has 1 aliphatic carbocycles. The minimum Gasteiger partial charge on any atom is -0.391 e. The van der Waals surface area contributed by atoms with E-state index in [9.17, 15) is 14.7 Å². The van der Waals surface area contributed by atoms with Gasteiger partial charge in [0, 0.05) is 24.1 Å². The van der Waals surface area contributed by atoms with E-state index in [4.69, 9.17) is 5.73 Å². The molecule has 0 unspecified atom stereocenters. The molecule has 0 bridgehead atoms. The maximum atomic E-state index is 12.5. The number of nitrogens with one attached hydrogen (secondary N) is 1. The number of carbonyl (C=O) groups is 1. The maximum Gasteiger partial charge on any atom is 0.254 e. The summed E-state index contributed by atoms with van der Waals surface area (Å²) in [5.74, 6) is 0.346. The van der Waals surface area contributed by atoms with E-state index in [1.165, 1.54) is 0 Å². The normalized spacial score (nSPS) is 27.2. The molecule has 8 heteroatoms. The molecule has 122 valence electrons. The highest BCUT2D eigenvalue weighted by Crippen LogP contribution is 2.28. The van der Waals surface area contributed by atoms with Gasteiger partial charge in [-0.2, -0.15) is 0 Å². The van der Waals surface area contributed by atoms with Gasteiger partial charge in [-0.25, -0.2) is 4.98 Å². The standard InChI is InChI=1S/C14H20N4O3.ClH/c1-7-16-11-6-18(3-2-9(11)13(20)17-7)14(21)8-4-10(15)12(19)5-8;/h8,10,12,19H,2-6,15H2,1H3,(H,16,17,20);1H/t8-,10+,12+;/m0./s1. The molecule has 1 saturated carbocycles. The van der Waals surface area contributed by atoms with E-state index in [1.54, 1.807) is 11.8 Å². The van der Waals surface area contributed by atoms with Crippen molar-refractivity contribution in [2.75, 3.05) is 6.54 Å². The molecule has 1 aromatic heterocycles. The lowest BCUT2D eigenvalue weighted by molar-refractivity contribution is -0.136. The Kier molecular flexibility index (Phi) is 4.89. The van der Waals surface area contributed by atoms with Crippen molar-refractivity contribution in [1.82, 2.24) is 14.9 Å². The number of nitrogens with zero attached hydrogens (tertiary/aromatic N) is 2. The largest absolute Gasteiger partial charge is 0.391 e. The van der Waals surface area contributed by atoms with Crippen LogP contribution >= 0.6 is 12.4 Å². The molecule has 1 amide bonds. The summed E-state index contributed by atoms with van der Waals surface area (Å²) in [6.07, 6.45) is 0.862. The number of aromatic nitrogens is 2. The molecule has 1 fully saturated rings. The Morgan fingerprint density at radius 3 is 2.82 bits per heavy atom. The van der Waals surface area contributed by atoms with Crippen LogP contribution in [0.15, 0.2) is 4.79 Å². The lowest BCUT2D eigenvalue weighted by Gasteiger charge is -2.29. The number of halogens is 1. The number of aryl methyl sites for hydroxylation is 1. The van der Waals surface area contributed by atoms with Crippen molar-refractivity contribution in [1.29, 1.82) is 0 Å². The highest BCUT2D eigenvalue weighted by Gasteiger charge is 2.37. The van der Waals surface area contributed by atoms with E-state index in [-0.39, 0.29) is 35.8 Å². The van der Waals surface area contributed by atoms with Gasteiger partial charge in [0.15, 0.2) is 0 Å². The zero-order valence-electron chi connectivity index (χ0n) is 12.4. The Balaban J connectivity index is 0.00000176. The molecule has 7 nitrogen and oxygen atoms in total. The summed E-state index contributed by atoms with van der Waals surface area (Å²) >= 11 is 0. The van der Waals surface area contributed by atoms with Crippen LogP contribution in [0.25, 0.3) is 0 Å². The fourth-order valence-electron chi connectivity index (χ4n) is 3.26. The number of fused-ring (bicyclic) bond motifs is 1. The first-order chi connectivity index (χ1) is 9.95. The molecule has 0 saturated heterocycles. The van der Waals surface area contributed by atoms with Gasteiger partial charge in [-0.3, -0.25) is 9.59 Å². The number of rotatable bonds is 1. The fourth-order valence-corrected chi connectivity index (χ4v) is 3.26. The maximum absolute atomic E-state index is 12.5. The molecule has 2 aliphatic rings. The lowest BCUT2D eigenvalue weighted by atomic mass is 10.0. The highest BCUT2D eigenvalue weighted by atomic mass is 35.5. The van der Waals surface area contributed by atoms with Crippen LogP contribution in [-0.4, -0.2) is 44.6 Å². The molecule has 2 heterocycles. The molecule has 3 atom stereocenters. The van der Waals surface area contributed by atoms with Crippen LogP contribution in [0, 0.1) is 12.8 Å². The van der Waals surface area contributed by atoms with Crippen molar-refractivity contribution in [3.63, 3.8) is 0 Å².